The van der Waals surface area contributed by atoms with Crippen LogP contribution in [0.1, 0.15) is 31.4 Å². The number of nitrogens with one attached hydrogen (secondary N) is 1. The summed E-state index contributed by atoms with van der Waals surface area (Å²) in [6.07, 6.45) is 0.722. The third kappa shape index (κ3) is 4.76. The van der Waals surface area contributed by atoms with Crippen LogP contribution in [0.3, 0.4) is 0 Å². The van der Waals surface area contributed by atoms with Crippen LogP contribution in [0.4, 0.5) is 0 Å². The lowest BCUT2D eigenvalue weighted by Crippen LogP contribution is -2.52. The summed E-state index contributed by atoms with van der Waals surface area (Å²) >= 11 is 0. The lowest BCUT2D eigenvalue weighted by Gasteiger charge is -2.34. The first-order valence-corrected chi connectivity index (χ1v) is 9.29. The SMILES string of the molecule is Cc1ccc(CN2CCCN(CC(=O)NC(C)C)S2(=O)=O)cc1. The molecular formula is C16H25N3O3S. The Kier molecular flexibility index (Phi) is 5.78. The second-order valence-electron chi connectivity index (χ2n) is 6.24. The molecule has 1 aliphatic heterocycles. The molecular weight excluding hydrogens is 314 g/mol. The number of hydrogen-bond acceptors (Lipinski definition) is 3. The second-order valence-corrected chi connectivity index (χ2v) is 8.16. The summed E-state index contributed by atoms with van der Waals surface area (Å²) in [6, 6.07) is 7.82. The molecule has 1 saturated heterocycles. The van der Waals surface area contributed by atoms with Gasteiger partial charge in [0.1, 0.15) is 0 Å². The highest BCUT2D eigenvalue weighted by atomic mass is 32.2. The molecule has 0 aliphatic carbocycles. The molecule has 23 heavy (non-hydrogen) atoms. The van der Waals surface area contributed by atoms with Gasteiger partial charge in [-0.1, -0.05) is 29.8 Å². The fourth-order valence-corrected chi connectivity index (χ4v) is 4.20. The third-order valence-corrected chi connectivity index (χ3v) is 5.65. The van der Waals surface area contributed by atoms with E-state index in [1.165, 1.54) is 8.61 Å². The van der Waals surface area contributed by atoms with Crippen LogP contribution < -0.4 is 5.32 Å². The maximum Gasteiger partial charge on any atom is 0.282 e. The van der Waals surface area contributed by atoms with Crippen molar-refractivity contribution >= 4 is 16.1 Å². The van der Waals surface area contributed by atoms with Crippen LogP contribution >= 0.6 is 0 Å². The van der Waals surface area contributed by atoms with Crippen LogP contribution in [-0.2, 0) is 21.5 Å². The fraction of sp³-hybridized carbons (Fsp3) is 0.562. The van der Waals surface area contributed by atoms with Crippen molar-refractivity contribution < 1.29 is 13.2 Å². The zero-order chi connectivity index (χ0) is 17.0. The first-order valence-electron chi connectivity index (χ1n) is 7.89. The molecule has 7 heteroatoms. The minimum Gasteiger partial charge on any atom is -0.353 e. The topological polar surface area (TPSA) is 69.7 Å². The summed E-state index contributed by atoms with van der Waals surface area (Å²) in [5.41, 5.74) is 2.09. The molecule has 0 spiro atoms. The summed E-state index contributed by atoms with van der Waals surface area (Å²) in [6.45, 7) is 6.79. The van der Waals surface area contributed by atoms with Crippen molar-refractivity contribution in [1.29, 1.82) is 0 Å². The zero-order valence-electron chi connectivity index (χ0n) is 13.9. The zero-order valence-corrected chi connectivity index (χ0v) is 14.8. The van der Waals surface area contributed by atoms with Gasteiger partial charge in [-0.3, -0.25) is 4.79 Å². The summed E-state index contributed by atoms with van der Waals surface area (Å²) in [5, 5.41) is 2.74. The molecule has 0 unspecified atom stereocenters. The molecule has 1 amide bonds. The first kappa shape index (κ1) is 17.9. The van der Waals surface area contributed by atoms with Crippen LogP contribution in [0.15, 0.2) is 24.3 Å². The number of carbonyl (C=O) groups excluding carboxylic acids is 1. The predicted octanol–water partition coefficient (Wildman–Crippen LogP) is 1.27. The lowest BCUT2D eigenvalue weighted by molar-refractivity contribution is -0.121. The Labute approximate surface area is 138 Å². The Bertz CT molecular complexity index is 641. The van der Waals surface area contributed by atoms with Gasteiger partial charge in [0.15, 0.2) is 0 Å². The van der Waals surface area contributed by atoms with Gasteiger partial charge in [-0.2, -0.15) is 17.0 Å². The average molecular weight is 339 g/mol. The standard InChI is InChI=1S/C16H25N3O3S/c1-13(2)17-16(20)12-19-10-4-9-18(23(19,21)22)11-15-7-5-14(3)6-8-15/h5-8,13H,4,9-12H2,1-3H3,(H,17,20). The van der Waals surface area contributed by atoms with Gasteiger partial charge in [-0.05, 0) is 32.8 Å². The van der Waals surface area contributed by atoms with E-state index < -0.39 is 10.2 Å². The highest BCUT2D eigenvalue weighted by molar-refractivity contribution is 7.86. The Morgan fingerprint density at radius 2 is 1.78 bits per heavy atom. The molecule has 0 bridgehead atoms. The van der Waals surface area contributed by atoms with Gasteiger partial charge in [0.25, 0.3) is 10.2 Å². The first-order chi connectivity index (χ1) is 10.8. The smallest absolute Gasteiger partial charge is 0.282 e. The molecule has 1 aromatic carbocycles. The highest BCUT2D eigenvalue weighted by Crippen LogP contribution is 2.19. The molecule has 0 saturated carbocycles. The second kappa shape index (κ2) is 7.42. The lowest BCUT2D eigenvalue weighted by atomic mass is 10.1. The monoisotopic (exact) mass is 339 g/mol. The molecule has 0 atom stereocenters. The molecule has 1 N–H and O–H groups in total. The molecule has 0 aromatic heterocycles. The maximum absolute atomic E-state index is 12.7. The van der Waals surface area contributed by atoms with Crippen LogP contribution in [0.5, 0.6) is 0 Å². The summed E-state index contributed by atoms with van der Waals surface area (Å²) < 4.78 is 28.1. The molecule has 0 radical (unpaired) electrons. The number of hydrogen-bond donors (Lipinski definition) is 1. The summed E-state index contributed by atoms with van der Waals surface area (Å²) in [7, 11) is -3.60. The molecule has 1 aliphatic rings. The Morgan fingerprint density at radius 1 is 1.17 bits per heavy atom. The van der Waals surface area contributed by atoms with Crippen molar-refractivity contribution in [2.24, 2.45) is 0 Å². The van der Waals surface area contributed by atoms with E-state index >= 15 is 0 Å². The average Bonchev–Trinajstić information content (AvgIpc) is 2.45. The molecule has 128 valence electrons. The Hall–Kier alpha value is -1.44. The highest BCUT2D eigenvalue weighted by Gasteiger charge is 2.34. The molecule has 1 heterocycles. The van der Waals surface area contributed by atoms with Crippen molar-refractivity contribution in [1.82, 2.24) is 13.9 Å². The van der Waals surface area contributed by atoms with Gasteiger partial charge in [0, 0.05) is 25.7 Å². The Morgan fingerprint density at radius 3 is 2.39 bits per heavy atom. The van der Waals surface area contributed by atoms with Gasteiger partial charge in [0.05, 0.1) is 6.54 Å². The predicted molar refractivity (Wildman–Crippen MR) is 90.0 cm³/mol. The van der Waals surface area contributed by atoms with Crippen LogP contribution in [0.2, 0.25) is 0 Å². The van der Waals surface area contributed by atoms with E-state index in [2.05, 4.69) is 5.32 Å². The molecule has 1 aromatic rings. The van der Waals surface area contributed by atoms with Gasteiger partial charge in [-0.25, -0.2) is 0 Å². The van der Waals surface area contributed by atoms with E-state index in [0.717, 1.165) is 17.5 Å². The van der Waals surface area contributed by atoms with Crippen LogP contribution in [0.25, 0.3) is 0 Å². The maximum atomic E-state index is 12.7. The van der Waals surface area contributed by atoms with Gasteiger partial charge in [-0.15, -0.1) is 0 Å². The third-order valence-electron chi connectivity index (χ3n) is 3.72. The van der Waals surface area contributed by atoms with E-state index in [0.29, 0.717) is 19.6 Å². The van der Waals surface area contributed by atoms with Crippen molar-refractivity contribution in [3.8, 4) is 0 Å². The van der Waals surface area contributed by atoms with Crippen LogP contribution in [0, 0.1) is 6.92 Å². The van der Waals surface area contributed by atoms with Crippen LogP contribution in [-0.4, -0.2) is 48.6 Å². The summed E-state index contributed by atoms with van der Waals surface area (Å²) in [5.74, 6) is -0.263. The number of aryl methyl sites for hydroxylation is 1. The van der Waals surface area contributed by atoms with Gasteiger partial charge >= 0.3 is 0 Å². The number of carbonyl (C=O) groups is 1. The fourth-order valence-electron chi connectivity index (χ4n) is 2.56. The molecule has 1 fully saturated rings. The van der Waals surface area contributed by atoms with Gasteiger partial charge < -0.3 is 5.32 Å². The van der Waals surface area contributed by atoms with E-state index in [-0.39, 0.29) is 18.5 Å². The number of amides is 1. The minimum absolute atomic E-state index is 0.00124. The van der Waals surface area contributed by atoms with Crippen molar-refractivity contribution in [2.45, 2.75) is 39.8 Å². The van der Waals surface area contributed by atoms with E-state index in [1.807, 2.05) is 45.0 Å². The van der Waals surface area contributed by atoms with Crippen molar-refractivity contribution in [3.63, 3.8) is 0 Å². The Balaban J connectivity index is 2.07. The summed E-state index contributed by atoms with van der Waals surface area (Å²) in [4.78, 5) is 11.9. The quantitative estimate of drug-likeness (QED) is 0.878. The normalized spacial score (nSPS) is 19.0. The minimum atomic E-state index is -3.60. The largest absolute Gasteiger partial charge is 0.353 e. The van der Waals surface area contributed by atoms with E-state index in [9.17, 15) is 13.2 Å². The number of nitrogens with zero attached hydrogens (tertiary/aromatic N) is 2. The molecule has 6 nitrogen and oxygen atoms in total. The molecule has 2 rings (SSSR count). The van der Waals surface area contributed by atoms with Crippen molar-refractivity contribution in [2.75, 3.05) is 19.6 Å². The number of rotatable bonds is 5. The van der Waals surface area contributed by atoms with Crippen molar-refractivity contribution in [3.05, 3.63) is 35.4 Å². The van der Waals surface area contributed by atoms with Gasteiger partial charge in [0.2, 0.25) is 5.91 Å². The van der Waals surface area contributed by atoms with E-state index in [4.69, 9.17) is 0 Å². The van der Waals surface area contributed by atoms with E-state index in [1.54, 1.807) is 0 Å². The number of benzene rings is 1.